The van der Waals surface area contributed by atoms with Crippen molar-refractivity contribution in [2.75, 3.05) is 25.0 Å². The van der Waals surface area contributed by atoms with Gasteiger partial charge in [0.1, 0.15) is 5.82 Å². The maximum absolute atomic E-state index is 12.3. The standard InChI is InChI=1S/C14H20N4O/c1-3-8-15-13-7-6-12(16-17-13)14(19)18-9-4-5-11(2)10-18/h3,6-7,11H,1,4-5,8-10H2,2H3,(H,15,17). The highest BCUT2D eigenvalue weighted by molar-refractivity contribution is 5.92. The molecule has 1 amide bonds. The highest BCUT2D eigenvalue weighted by Gasteiger charge is 2.23. The molecular weight excluding hydrogens is 240 g/mol. The summed E-state index contributed by atoms with van der Waals surface area (Å²) in [6, 6.07) is 3.50. The van der Waals surface area contributed by atoms with Gasteiger partial charge in [0.2, 0.25) is 0 Å². The Balaban J connectivity index is 2.00. The van der Waals surface area contributed by atoms with E-state index in [1.54, 1.807) is 18.2 Å². The summed E-state index contributed by atoms with van der Waals surface area (Å²) in [6.45, 7) is 8.06. The van der Waals surface area contributed by atoms with Crippen molar-refractivity contribution < 1.29 is 4.79 Å². The molecule has 1 N–H and O–H groups in total. The predicted octanol–water partition coefficient (Wildman–Crippen LogP) is 1.95. The zero-order chi connectivity index (χ0) is 13.7. The van der Waals surface area contributed by atoms with Crippen molar-refractivity contribution in [1.29, 1.82) is 0 Å². The Hall–Kier alpha value is -1.91. The van der Waals surface area contributed by atoms with Crippen molar-refractivity contribution in [2.24, 2.45) is 5.92 Å². The molecule has 5 heteroatoms. The Morgan fingerprint density at radius 1 is 1.58 bits per heavy atom. The molecule has 1 fully saturated rings. The number of hydrogen-bond donors (Lipinski definition) is 1. The maximum atomic E-state index is 12.3. The fourth-order valence-electron chi connectivity index (χ4n) is 2.25. The number of hydrogen-bond acceptors (Lipinski definition) is 4. The number of anilines is 1. The van der Waals surface area contributed by atoms with Gasteiger partial charge in [0.25, 0.3) is 5.91 Å². The summed E-state index contributed by atoms with van der Waals surface area (Å²) in [5.41, 5.74) is 0.415. The summed E-state index contributed by atoms with van der Waals surface area (Å²) in [6.07, 6.45) is 4.01. The molecule has 102 valence electrons. The molecule has 0 aliphatic carbocycles. The minimum absolute atomic E-state index is 0.0191. The Labute approximate surface area is 113 Å². The van der Waals surface area contributed by atoms with Crippen molar-refractivity contribution in [2.45, 2.75) is 19.8 Å². The minimum atomic E-state index is -0.0191. The zero-order valence-corrected chi connectivity index (χ0v) is 11.3. The van der Waals surface area contributed by atoms with Gasteiger partial charge in [0.05, 0.1) is 0 Å². The molecule has 0 radical (unpaired) electrons. The number of amides is 1. The van der Waals surface area contributed by atoms with E-state index in [0.29, 0.717) is 24.0 Å². The van der Waals surface area contributed by atoms with Crippen LogP contribution in [0.5, 0.6) is 0 Å². The van der Waals surface area contributed by atoms with Crippen LogP contribution in [0.2, 0.25) is 0 Å². The van der Waals surface area contributed by atoms with E-state index < -0.39 is 0 Å². The van der Waals surface area contributed by atoms with Crippen LogP contribution < -0.4 is 5.32 Å². The largest absolute Gasteiger partial charge is 0.365 e. The number of aromatic nitrogens is 2. The first-order chi connectivity index (χ1) is 9.20. The Morgan fingerprint density at radius 3 is 3.05 bits per heavy atom. The van der Waals surface area contributed by atoms with E-state index in [1.165, 1.54) is 6.42 Å². The molecule has 1 unspecified atom stereocenters. The van der Waals surface area contributed by atoms with Gasteiger partial charge < -0.3 is 10.2 Å². The summed E-state index contributed by atoms with van der Waals surface area (Å²) in [5, 5.41) is 11.0. The lowest BCUT2D eigenvalue weighted by atomic mass is 10.00. The molecule has 1 atom stereocenters. The SMILES string of the molecule is C=CCNc1ccc(C(=O)N2CCCC(C)C2)nn1. The van der Waals surface area contributed by atoms with Gasteiger partial charge in [-0.1, -0.05) is 13.0 Å². The van der Waals surface area contributed by atoms with E-state index in [2.05, 4.69) is 29.0 Å². The Kier molecular flexibility index (Phi) is 4.49. The van der Waals surface area contributed by atoms with Crippen LogP contribution in [0, 0.1) is 5.92 Å². The predicted molar refractivity (Wildman–Crippen MR) is 75.0 cm³/mol. The minimum Gasteiger partial charge on any atom is -0.365 e. The number of likely N-dealkylation sites (tertiary alicyclic amines) is 1. The van der Waals surface area contributed by atoms with Crippen molar-refractivity contribution in [3.63, 3.8) is 0 Å². The number of carbonyl (C=O) groups is 1. The van der Waals surface area contributed by atoms with Crippen molar-refractivity contribution >= 4 is 11.7 Å². The Bertz CT molecular complexity index is 443. The first-order valence-electron chi connectivity index (χ1n) is 6.68. The number of nitrogens with zero attached hydrogens (tertiary/aromatic N) is 3. The highest BCUT2D eigenvalue weighted by Crippen LogP contribution is 2.17. The van der Waals surface area contributed by atoms with Crippen LogP contribution in [0.15, 0.2) is 24.8 Å². The zero-order valence-electron chi connectivity index (χ0n) is 11.3. The lowest BCUT2D eigenvalue weighted by molar-refractivity contribution is 0.0676. The number of piperidine rings is 1. The third kappa shape index (κ3) is 3.53. The highest BCUT2D eigenvalue weighted by atomic mass is 16.2. The quantitative estimate of drug-likeness (QED) is 0.841. The van der Waals surface area contributed by atoms with Crippen LogP contribution in [0.3, 0.4) is 0 Å². The van der Waals surface area contributed by atoms with Crippen LogP contribution >= 0.6 is 0 Å². The van der Waals surface area contributed by atoms with Gasteiger partial charge in [-0.15, -0.1) is 16.8 Å². The topological polar surface area (TPSA) is 58.1 Å². The normalized spacial score (nSPS) is 19.0. The molecule has 2 rings (SSSR count). The van der Waals surface area contributed by atoms with Gasteiger partial charge >= 0.3 is 0 Å². The van der Waals surface area contributed by atoms with Gasteiger partial charge in [-0.2, -0.15) is 0 Å². The molecule has 0 spiro atoms. The molecule has 2 heterocycles. The second-order valence-electron chi connectivity index (χ2n) is 4.97. The molecule has 0 saturated carbocycles. The molecule has 1 saturated heterocycles. The van der Waals surface area contributed by atoms with E-state index in [0.717, 1.165) is 19.5 Å². The fraction of sp³-hybridized carbons (Fsp3) is 0.500. The molecular formula is C14H20N4O. The molecule has 19 heavy (non-hydrogen) atoms. The number of carbonyl (C=O) groups excluding carboxylic acids is 1. The van der Waals surface area contributed by atoms with Crippen LogP contribution in [-0.2, 0) is 0 Å². The third-order valence-electron chi connectivity index (χ3n) is 3.26. The van der Waals surface area contributed by atoms with Gasteiger partial charge in [-0.3, -0.25) is 4.79 Å². The van der Waals surface area contributed by atoms with Crippen LogP contribution in [-0.4, -0.2) is 40.6 Å². The van der Waals surface area contributed by atoms with E-state index in [9.17, 15) is 4.79 Å². The molecule has 0 aromatic carbocycles. The van der Waals surface area contributed by atoms with Crippen LogP contribution in [0.4, 0.5) is 5.82 Å². The lowest BCUT2D eigenvalue weighted by Gasteiger charge is -2.30. The summed E-state index contributed by atoms with van der Waals surface area (Å²) in [4.78, 5) is 14.1. The Morgan fingerprint density at radius 2 is 2.42 bits per heavy atom. The molecule has 1 aliphatic rings. The summed E-state index contributed by atoms with van der Waals surface area (Å²) < 4.78 is 0. The van der Waals surface area contributed by atoms with E-state index in [-0.39, 0.29) is 5.91 Å². The summed E-state index contributed by atoms with van der Waals surface area (Å²) in [5.74, 6) is 1.21. The van der Waals surface area contributed by atoms with Gasteiger partial charge in [-0.25, -0.2) is 0 Å². The van der Waals surface area contributed by atoms with Crippen LogP contribution in [0.25, 0.3) is 0 Å². The lowest BCUT2D eigenvalue weighted by Crippen LogP contribution is -2.39. The van der Waals surface area contributed by atoms with Gasteiger partial charge in [0.15, 0.2) is 5.69 Å². The first-order valence-corrected chi connectivity index (χ1v) is 6.68. The second-order valence-corrected chi connectivity index (χ2v) is 4.97. The number of rotatable bonds is 4. The third-order valence-corrected chi connectivity index (χ3v) is 3.26. The van der Waals surface area contributed by atoms with E-state index >= 15 is 0 Å². The van der Waals surface area contributed by atoms with E-state index in [4.69, 9.17) is 0 Å². The maximum Gasteiger partial charge on any atom is 0.274 e. The van der Waals surface area contributed by atoms with Crippen molar-refractivity contribution in [1.82, 2.24) is 15.1 Å². The van der Waals surface area contributed by atoms with Gasteiger partial charge in [0, 0.05) is 19.6 Å². The molecule has 5 nitrogen and oxygen atoms in total. The van der Waals surface area contributed by atoms with E-state index in [1.807, 2.05) is 4.90 Å². The smallest absolute Gasteiger partial charge is 0.274 e. The van der Waals surface area contributed by atoms with Crippen molar-refractivity contribution in [3.8, 4) is 0 Å². The summed E-state index contributed by atoms with van der Waals surface area (Å²) >= 11 is 0. The monoisotopic (exact) mass is 260 g/mol. The fourth-order valence-corrected chi connectivity index (χ4v) is 2.25. The molecule has 1 aromatic rings. The number of nitrogens with one attached hydrogen (secondary N) is 1. The second kappa shape index (κ2) is 6.31. The van der Waals surface area contributed by atoms with Gasteiger partial charge in [-0.05, 0) is 30.9 Å². The molecule has 1 aliphatic heterocycles. The average Bonchev–Trinajstić information content (AvgIpc) is 2.45. The van der Waals surface area contributed by atoms with Crippen molar-refractivity contribution in [3.05, 3.63) is 30.5 Å². The first kappa shape index (κ1) is 13.5. The molecule has 0 bridgehead atoms. The van der Waals surface area contributed by atoms with Crippen LogP contribution in [0.1, 0.15) is 30.3 Å². The average molecular weight is 260 g/mol. The molecule has 1 aromatic heterocycles. The summed E-state index contributed by atoms with van der Waals surface area (Å²) in [7, 11) is 0.